The zero-order valence-electron chi connectivity index (χ0n) is 12.1. The van der Waals surface area contributed by atoms with Crippen LogP contribution >= 0.6 is 0 Å². The normalized spacial score (nSPS) is 25.0. The molecule has 21 heavy (non-hydrogen) atoms. The summed E-state index contributed by atoms with van der Waals surface area (Å²) < 4.78 is 0. The minimum atomic E-state index is -0.689. The number of anilines is 1. The van der Waals surface area contributed by atoms with Crippen LogP contribution in [0.25, 0.3) is 0 Å². The second-order valence-electron chi connectivity index (χ2n) is 6.15. The average Bonchev–Trinajstić information content (AvgIpc) is 2.76. The Morgan fingerprint density at radius 1 is 1.29 bits per heavy atom. The Bertz CT molecular complexity index is 604. The molecule has 2 aliphatic rings. The standard InChI is InChI=1S/C16H20N2O3/c1-18-8-12-11(6-7-13(17)14(12)15(18)19)9-2-4-10(5-3-9)16(20)21/h6-7,9-10H,2-5,8,17H2,1H3,(H,20,21)/t9-,10-. The summed E-state index contributed by atoms with van der Waals surface area (Å²) in [5, 5.41) is 9.09. The van der Waals surface area contributed by atoms with Crippen LogP contribution in [0.4, 0.5) is 5.69 Å². The number of carbonyl (C=O) groups is 2. The lowest BCUT2D eigenvalue weighted by atomic mass is 9.77. The minimum absolute atomic E-state index is 0.0106. The first-order chi connectivity index (χ1) is 9.99. The summed E-state index contributed by atoms with van der Waals surface area (Å²) in [4.78, 5) is 24.9. The van der Waals surface area contributed by atoms with Gasteiger partial charge in [-0.05, 0) is 48.8 Å². The van der Waals surface area contributed by atoms with Crippen LogP contribution in [0, 0.1) is 5.92 Å². The van der Waals surface area contributed by atoms with Crippen molar-refractivity contribution in [3.05, 3.63) is 28.8 Å². The number of nitrogen functional groups attached to an aromatic ring is 1. The van der Waals surface area contributed by atoms with Crippen molar-refractivity contribution in [2.24, 2.45) is 5.92 Å². The van der Waals surface area contributed by atoms with Crippen LogP contribution in [0.1, 0.15) is 53.1 Å². The third-order valence-corrected chi connectivity index (χ3v) is 4.85. The second-order valence-corrected chi connectivity index (χ2v) is 6.15. The molecular formula is C16H20N2O3. The highest BCUT2D eigenvalue weighted by Gasteiger charge is 2.33. The fourth-order valence-electron chi connectivity index (χ4n) is 3.64. The Hall–Kier alpha value is -2.04. The van der Waals surface area contributed by atoms with E-state index in [1.54, 1.807) is 11.9 Å². The Morgan fingerprint density at radius 3 is 2.57 bits per heavy atom. The first-order valence-electron chi connectivity index (χ1n) is 7.38. The molecule has 1 aliphatic carbocycles. The number of carbonyl (C=O) groups excluding carboxylic acids is 1. The van der Waals surface area contributed by atoms with E-state index in [4.69, 9.17) is 10.8 Å². The summed E-state index contributed by atoms with van der Waals surface area (Å²) in [5.74, 6) is -0.573. The number of benzene rings is 1. The van der Waals surface area contributed by atoms with Crippen molar-refractivity contribution in [2.75, 3.05) is 12.8 Å². The molecule has 1 saturated carbocycles. The molecule has 112 valence electrons. The third kappa shape index (κ3) is 2.26. The third-order valence-electron chi connectivity index (χ3n) is 4.85. The molecule has 3 rings (SSSR count). The predicted molar refractivity (Wildman–Crippen MR) is 79.0 cm³/mol. The molecular weight excluding hydrogens is 268 g/mol. The van der Waals surface area contributed by atoms with Gasteiger partial charge in [0.2, 0.25) is 0 Å². The van der Waals surface area contributed by atoms with E-state index in [0.29, 0.717) is 36.6 Å². The molecule has 5 nitrogen and oxygen atoms in total. The van der Waals surface area contributed by atoms with E-state index in [1.807, 2.05) is 12.1 Å². The maximum absolute atomic E-state index is 12.2. The SMILES string of the molecule is CN1Cc2c(c(N)ccc2[C@H]2CC[C@H](C(=O)O)CC2)C1=O. The zero-order valence-corrected chi connectivity index (χ0v) is 12.1. The number of carboxylic acids is 1. The van der Waals surface area contributed by atoms with E-state index in [9.17, 15) is 9.59 Å². The average molecular weight is 288 g/mol. The molecule has 5 heteroatoms. The van der Waals surface area contributed by atoms with E-state index < -0.39 is 5.97 Å². The number of rotatable bonds is 2. The van der Waals surface area contributed by atoms with Crippen LogP contribution in [0.15, 0.2) is 12.1 Å². The summed E-state index contributed by atoms with van der Waals surface area (Å²) in [6.07, 6.45) is 3.16. The topological polar surface area (TPSA) is 83.6 Å². The van der Waals surface area contributed by atoms with Crippen molar-refractivity contribution in [1.29, 1.82) is 0 Å². The van der Waals surface area contributed by atoms with Gasteiger partial charge in [-0.2, -0.15) is 0 Å². The Morgan fingerprint density at radius 2 is 1.95 bits per heavy atom. The smallest absolute Gasteiger partial charge is 0.306 e. The predicted octanol–water partition coefficient (Wildman–Crippen LogP) is 2.21. The molecule has 0 radical (unpaired) electrons. The Balaban J connectivity index is 1.89. The van der Waals surface area contributed by atoms with E-state index in [-0.39, 0.29) is 11.8 Å². The van der Waals surface area contributed by atoms with E-state index in [1.165, 1.54) is 5.56 Å². The molecule has 0 bridgehead atoms. The van der Waals surface area contributed by atoms with Crippen LogP contribution < -0.4 is 5.73 Å². The second kappa shape index (κ2) is 5.06. The van der Waals surface area contributed by atoms with Crippen molar-refractivity contribution < 1.29 is 14.7 Å². The molecule has 0 spiro atoms. The maximum atomic E-state index is 12.2. The quantitative estimate of drug-likeness (QED) is 0.817. The number of nitrogens with two attached hydrogens (primary N) is 1. The fraction of sp³-hybridized carbons (Fsp3) is 0.500. The van der Waals surface area contributed by atoms with Gasteiger partial charge in [0, 0.05) is 19.3 Å². The van der Waals surface area contributed by atoms with Crippen LogP contribution in [0.5, 0.6) is 0 Å². The Labute approximate surface area is 123 Å². The Kier molecular flexibility index (Phi) is 3.35. The van der Waals surface area contributed by atoms with E-state index in [0.717, 1.165) is 18.4 Å². The largest absolute Gasteiger partial charge is 0.481 e. The number of hydrogen-bond donors (Lipinski definition) is 2. The number of fused-ring (bicyclic) bond motifs is 1. The molecule has 0 aromatic heterocycles. The summed E-state index contributed by atoms with van der Waals surface area (Å²) in [6.45, 7) is 0.605. The lowest BCUT2D eigenvalue weighted by molar-refractivity contribution is -0.142. The number of nitrogens with zero attached hydrogens (tertiary/aromatic N) is 1. The summed E-state index contributed by atoms with van der Waals surface area (Å²) >= 11 is 0. The van der Waals surface area contributed by atoms with Gasteiger partial charge < -0.3 is 15.7 Å². The monoisotopic (exact) mass is 288 g/mol. The molecule has 0 atom stereocenters. The van der Waals surface area contributed by atoms with Gasteiger partial charge in [-0.25, -0.2) is 0 Å². The molecule has 1 amide bonds. The number of aliphatic carboxylic acids is 1. The van der Waals surface area contributed by atoms with Crippen LogP contribution in [-0.2, 0) is 11.3 Å². The maximum Gasteiger partial charge on any atom is 0.306 e. The van der Waals surface area contributed by atoms with Gasteiger partial charge in [0.25, 0.3) is 5.91 Å². The van der Waals surface area contributed by atoms with Crippen LogP contribution in [-0.4, -0.2) is 28.9 Å². The van der Waals surface area contributed by atoms with Crippen molar-refractivity contribution >= 4 is 17.6 Å². The van der Waals surface area contributed by atoms with Crippen molar-refractivity contribution in [3.8, 4) is 0 Å². The first kappa shape index (κ1) is 13.9. The highest BCUT2D eigenvalue weighted by atomic mass is 16.4. The fourth-order valence-corrected chi connectivity index (χ4v) is 3.64. The summed E-state index contributed by atoms with van der Waals surface area (Å²) in [5.41, 5.74) is 9.38. The molecule has 0 saturated heterocycles. The number of hydrogen-bond acceptors (Lipinski definition) is 3. The van der Waals surface area contributed by atoms with Crippen molar-refractivity contribution in [1.82, 2.24) is 4.90 Å². The van der Waals surface area contributed by atoms with Crippen LogP contribution in [0.3, 0.4) is 0 Å². The molecule has 1 aliphatic heterocycles. The molecule has 3 N–H and O–H groups in total. The van der Waals surface area contributed by atoms with Gasteiger partial charge in [-0.1, -0.05) is 6.07 Å². The van der Waals surface area contributed by atoms with Crippen LogP contribution in [0.2, 0.25) is 0 Å². The number of carboxylic acid groups (broad SMARTS) is 1. The highest BCUT2D eigenvalue weighted by molar-refractivity contribution is 6.03. The molecule has 1 aromatic rings. The van der Waals surface area contributed by atoms with Gasteiger partial charge in [-0.15, -0.1) is 0 Å². The van der Waals surface area contributed by atoms with E-state index in [2.05, 4.69) is 0 Å². The molecule has 1 fully saturated rings. The highest BCUT2D eigenvalue weighted by Crippen LogP contribution is 2.41. The van der Waals surface area contributed by atoms with Gasteiger partial charge in [0.05, 0.1) is 11.5 Å². The van der Waals surface area contributed by atoms with Crippen molar-refractivity contribution in [2.45, 2.75) is 38.1 Å². The first-order valence-corrected chi connectivity index (χ1v) is 7.38. The lowest BCUT2D eigenvalue weighted by Gasteiger charge is -2.28. The van der Waals surface area contributed by atoms with Crippen molar-refractivity contribution in [3.63, 3.8) is 0 Å². The molecule has 1 aromatic carbocycles. The minimum Gasteiger partial charge on any atom is -0.481 e. The lowest BCUT2D eigenvalue weighted by Crippen LogP contribution is -2.21. The summed E-state index contributed by atoms with van der Waals surface area (Å²) in [6, 6.07) is 3.83. The van der Waals surface area contributed by atoms with E-state index >= 15 is 0 Å². The van der Waals surface area contributed by atoms with Gasteiger partial charge in [-0.3, -0.25) is 9.59 Å². The van der Waals surface area contributed by atoms with Gasteiger partial charge >= 0.3 is 5.97 Å². The zero-order chi connectivity index (χ0) is 15.1. The summed E-state index contributed by atoms with van der Waals surface area (Å²) in [7, 11) is 1.78. The molecule has 1 heterocycles. The van der Waals surface area contributed by atoms with Gasteiger partial charge in [0.15, 0.2) is 0 Å². The van der Waals surface area contributed by atoms with Gasteiger partial charge in [0.1, 0.15) is 0 Å². The molecule has 0 unspecified atom stereocenters. The number of amides is 1.